The minimum Gasteiger partial charge on any atom is -0.370 e. The average molecular weight is 343 g/mol. The van der Waals surface area contributed by atoms with Crippen LogP contribution in [0.25, 0.3) is 0 Å². The second kappa shape index (κ2) is 6.11. The topological polar surface area (TPSA) is 93.1 Å². The summed E-state index contributed by atoms with van der Waals surface area (Å²) in [5, 5.41) is 8.07. The van der Waals surface area contributed by atoms with Crippen LogP contribution in [0.2, 0.25) is 0 Å². The predicted molar refractivity (Wildman–Crippen MR) is 89.3 cm³/mol. The van der Waals surface area contributed by atoms with Gasteiger partial charge in [-0.25, -0.2) is 4.68 Å². The van der Waals surface area contributed by atoms with Crippen molar-refractivity contribution in [2.75, 3.05) is 13.1 Å². The molecule has 0 radical (unpaired) electrons. The highest BCUT2D eigenvalue weighted by molar-refractivity contribution is 5.94. The third-order valence-corrected chi connectivity index (χ3v) is 5.00. The third-order valence-electron chi connectivity index (χ3n) is 5.00. The lowest BCUT2D eigenvalue weighted by Crippen LogP contribution is -2.50. The molecule has 0 unspecified atom stereocenters. The van der Waals surface area contributed by atoms with E-state index in [1.165, 1.54) is 0 Å². The van der Waals surface area contributed by atoms with Crippen LogP contribution in [-0.2, 0) is 11.3 Å². The van der Waals surface area contributed by atoms with Crippen LogP contribution >= 0.6 is 0 Å². The number of H-pyrrole nitrogens is 1. The molecule has 2 aromatic heterocycles. The van der Waals surface area contributed by atoms with E-state index in [2.05, 4.69) is 15.3 Å². The number of piperidine rings is 1. The van der Waals surface area contributed by atoms with Gasteiger partial charge in [0.2, 0.25) is 0 Å². The molecule has 1 amide bonds. The minimum atomic E-state index is -0.334. The maximum Gasteiger partial charge on any atom is 0.261 e. The molecule has 2 atom stereocenters. The van der Waals surface area contributed by atoms with Gasteiger partial charge in [-0.15, -0.1) is 5.10 Å². The van der Waals surface area contributed by atoms with E-state index < -0.39 is 0 Å². The first-order chi connectivity index (χ1) is 12.0. The van der Waals surface area contributed by atoms with Crippen molar-refractivity contribution < 1.29 is 9.53 Å². The van der Waals surface area contributed by atoms with Crippen molar-refractivity contribution in [1.82, 2.24) is 24.9 Å². The van der Waals surface area contributed by atoms with E-state index in [0.717, 1.165) is 17.8 Å². The Kier molecular flexibility index (Phi) is 3.91. The number of aromatic nitrogens is 4. The van der Waals surface area contributed by atoms with E-state index in [4.69, 9.17) is 4.74 Å². The first-order valence-electron chi connectivity index (χ1n) is 8.57. The Bertz CT molecular complexity index is 856. The SMILES string of the molecule is CC(C)c1ccc(C(=O)N2CC[C@H]3OCc4cnnn4[C@@H]3C2)c(=O)[nH]1. The highest BCUT2D eigenvalue weighted by Crippen LogP contribution is 2.30. The number of nitrogens with one attached hydrogen (secondary N) is 1. The molecule has 1 N–H and O–H groups in total. The van der Waals surface area contributed by atoms with Gasteiger partial charge in [-0.3, -0.25) is 9.59 Å². The van der Waals surface area contributed by atoms with E-state index in [1.54, 1.807) is 17.2 Å². The number of amides is 1. The smallest absolute Gasteiger partial charge is 0.261 e. The molecule has 8 nitrogen and oxygen atoms in total. The second-order valence-corrected chi connectivity index (χ2v) is 6.94. The summed E-state index contributed by atoms with van der Waals surface area (Å²) in [5.41, 5.74) is 1.58. The molecule has 1 saturated heterocycles. The number of pyridine rings is 1. The molecular formula is C17H21N5O3. The Morgan fingerprint density at radius 3 is 3.00 bits per heavy atom. The maximum absolute atomic E-state index is 12.8. The largest absolute Gasteiger partial charge is 0.370 e. The molecule has 25 heavy (non-hydrogen) atoms. The summed E-state index contributed by atoms with van der Waals surface area (Å²) in [4.78, 5) is 29.7. The van der Waals surface area contributed by atoms with E-state index in [-0.39, 0.29) is 35.1 Å². The Morgan fingerprint density at radius 2 is 2.24 bits per heavy atom. The van der Waals surface area contributed by atoms with Crippen LogP contribution in [0.15, 0.2) is 23.1 Å². The molecule has 4 heterocycles. The number of likely N-dealkylation sites (tertiary alicyclic amines) is 1. The summed E-state index contributed by atoms with van der Waals surface area (Å²) in [5.74, 6) is -0.0417. The molecule has 0 saturated carbocycles. The summed E-state index contributed by atoms with van der Waals surface area (Å²) in [6, 6.07) is 3.38. The predicted octanol–water partition coefficient (Wildman–Crippen LogP) is 1.08. The van der Waals surface area contributed by atoms with Gasteiger partial charge >= 0.3 is 0 Å². The molecule has 1 fully saturated rings. The van der Waals surface area contributed by atoms with Gasteiger partial charge < -0.3 is 14.6 Å². The van der Waals surface area contributed by atoms with Crippen LogP contribution in [0, 0.1) is 0 Å². The second-order valence-electron chi connectivity index (χ2n) is 6.94. The Hall–Kier alpha value is -2.48. The highest BCUT2D eigenvalue weighted by atomic mass is 16.5. The molecular weight excluding hydrogens is 322 g/mol. The molecule has 2 aliphatic rings. The zero-order valence-corrected chi connectivity index (χ0v) is 14.3. The number of carbonyl (C=O) groups excluding carboxylic acids is 1. The first-order valence-corrected chi connectivity index (χ1v) is 8.57. The number of carbonyl (C=O) groups is 1. The van der Waals surface area contributed by atoms with Crippen molar-refractivity contribution >= 4 is 5.91 Å². The zero-order valence-electron chi connectivity index (χ0n) is 14.3. The lowest BCUT2D eigenvalue weighted by molar-refractivity contribution is -0.0605. The number of rotatable bonds is 2. The number of hydrogen-bond donors (Lipinski definition) is 1. The highest BCUT2D eigenvalue weighted by Gasteiger charge is 2.38. The molecule has 2 aliphatic heterocycles. The van der Waals surface area contributed by atoms with Gasteiger partial charge in [0, 0.05) is 18.8 Å². The fourth-order valence-electron chi connectivity index (χ4n) is 3.53. The Labute approximate surface area is 144 Å². The van der Waals surface area contributed by atoms with Crippen LogP contribution in [-0.4, -0.2) is 50.0 Å². The van der Waals surface area contributed by atoms with Crippen molar-refractivity contribution in [3.63, 3.8) is 0 Å². The van der Waals surface area contributed by atoms with Crippen LogP contribution in [0.5, 0.6) is 0 Å². The quantitative estimate of drug-likeness (QED) is 0.880. The Morgan fingerprint density at radius 1 is 1.40 bits per heavy atom. The molecule has 4 rings (SSSR count). The standard InChI is InChI=1S/C17H21N5O3/c1-10(2)13-4-3-12(16(23)19-13)17(24)21-6-5-15-14(8-21)22-11(9-25-15)7-18-20-22/h3-4,7,10,14-15H,5-6,8-9H2,1-2H3,(H,19,23)/t14-,15-/m1/s1. The number of fused-ring (bicyclic) bond motifs is 3. The normalized spacial score (nSPS) is 22.6. The first kappa shape index (κ1) is 16.0. The molecule has 0 spiro atoms. The van der Waals surface area contributed by atoms with Crippen molar-refractivity contribution in [3.05, 3.63) is 45.6 Å². The third kappa shape index (κ3) is 2.76. The molecule has 8 heteroatoms. The maximum atomic E-state index is 12.8. The average Bonchev–Trinajstić information content (AvgIpc) is 3.09. The summed E-state index contributed by atoms with van der Waals surface area (Å²) in [6.07, 6.45) is 2.43. The van der Waals surface area contributed by atoms with E-state index in [9.17, 15) is 9.59 Å². The fourth-order valence-corrected chi connectivity index (χ4v) is 3.53. The van der Waals surface area contributed by atoms with Crippen molar-refractivity contribution in [2.45, 2.75) is 44.9 Å². The fraction of sp³-hybridized carbons (Fsp3) is 0.529. The van der Waals surface area contributed by atoms with Gasteiger partial charge in [-0.05, 0) is 24.5 Å². The summed E-state index contributed by atoms with van der Waals surface area (Å²) < 4.78 is 7.71. The number of ether oxygens (including phenoxy) is 1. The van der Waals surface area contributed by atoms with Gasteiger partial charge in [-0.1, -0.05) is 19.1 Å². The van der Waals surface area contributed by atoms with Gasteiger partial charge in [0.1, 0.15) is 5.56 Å². The number of hydrogen-bond acceptors (Lipinski definition) is 5. The van der Waals surface area contributed by atoms with Gasteiger partial charge in [0.15, 0.2) is 0 Å². The summed E-state index contributed by atoms with van der Waals surface area (Å²) >= 11 is 0. The number of nitrogens with zero attached hydrogens (tertiary/aromatic N) is 4. The monoisotopic (exact) mass is 343 g/mol. The molecule has 0 aliphatic carbocycles. The van der Waals surface area contributed by atoms with Crippen LogP contribution < -0.4 is 5.56 Å². The van der Waals surface area contributed by atoms with Crippen molar-refractivity contribution in [1.29, 1.82) is 0 Å². The minimum absolute atomic E-state index is 0.0276. The molecule has 2 aromatic rings. The zero-order chi connectivity index (χ0) is 17.6. The summed E-state index contributed by atoms with van der Waals surface area (Å²) in [6.45, 7) is 5.52. The van der Waals surface area contributed by atoms with Crippen molar-refractivity contribution in [2.24, 2.45) is 0 Å². The van der Waals surface area contributed by atoms with Gasteiger partial charge in [-0.2, -0.15) is 0 Å². The lowest BCUT2D eigenvalue weighted by atomic mass is 9.99. The number of aromatic amines is 1. The van der Waals surface area contributed by atoms with E-state index >= 15 is 0 Å². The molecule has 0 bridgehead atoms. The molecule has 0 aromatic carbocycles. The van der Waals surface area contributed by atoms with E-state index in [0.29, 0.717) is 19.7 Å². The van der Waals surface area contributed by atoms with E-state index in [1.807, 2.05) is 24.6 Å². The van der Waals surface area contributed by atoms with Gasteiger partial charge in [0.25, 0.3) is 11.5 Å². The molecule has 132 valence electrons. The van der Waals surface area contributed by atoms with Crippen LogP contribution in [0.4, 0.5) is 0 Å². The van der Waals surface area contributed by atoms with Crippen LogP contribution in [0.1, 0.15) is 54.0 Å². The summed E-state index contributed by atoms with van der Waals surface area (Å²) in [7, 11) is 0. The lowest BCUT2D eigenvalue weighted by Gasteiger charge is -2.40. The van der Waals surface area contributed by atoms with Gasteiger partial charge in [0.05, 0.1) is 30.6 Å². The van der Waals surface area contributed by atoms with Crippen molar-refractivity contribution in [3.8, 4) is 0 Å². The van der Waals surface area contributed by atoms with Crippen LogP contribution in [0.3, 0.4) is 0 Å². The Balaban J connectivity index is 1.57.